The first-order valence-electron chi connectivity index (χ1n) is 9.04. The van der Waals surface area contributed by atoms with Crippen LogP contribution < -0.4 is 10.6 Å². The Hall–Kier alpha value is -4.08. The molecule has 0 spiro atoms. The Morgan fingerprint density at radius 2 is 2.00 bits per heavy atom. The summed E-state index contributed by atoms with van der Waals surface area (Å²) in [4.78, 5) is 24.8. The molecule has 0 radical (unpaired) electrons. The minimum atomic E-state index is -1.43. The van der Waals surface area contributed by atoms with Gasteiger partial charge in [0.05, 0.1) is 17.4 Å². The molecule has 4 rings (SSSR count). The highest BCUT2D eigenvalue weighted by atomic mass is 19.1. The maximum atomic E-state index is 13.4. The van der Waals surface area contributed by atoms with Crippen molar-refractivity contribution in [1.29, 1.82) is 0 Å². The number of nitrogens with one attached hydrogen (secondary N) is 3. The van der Waals surface area contributed by atoms with Crippen LogP contribution in [0.25, 0.3) is 10.9 Å². The lowest BCUT2D eigenvalue weighted by atomic mass is 9.95. The van der Waals surface area contributed by atoms with E-state index < -0.39 is 17.4 Å². The summed E-state index contributed by atoms with van der Waals surface area (Å²) < 4.78 is 13.4. The van der Waals surface area contributed by atoms with Crippen molar-refractivity contribution in [3.63, 3.8) is 0 Å². The Morgan fingerprint density at radius 1 is 1.20 bits per heavy atom. The number of rotatable bonds is 5. The molecule has 4 N–H and O–H groups in total. The van der Waals surface area contributed by atoms with Crippen molar-refractivity contribution in [3.8, 4) is 0 Å². The van der Waals surface area contributed by atoms with Crippen molar-refractivity contribution in [2.75, 3.05) is 5.32 Å². The molecular formula is C20H18FN7O2. The number of hydrogen-bond donors (Lipinski definition) is 4. The van der Waals surface area contributed by atoms with Gasteiger partial charge in [-0.15, -0.1) is 0 Å². The number of nitrogens with zero attached hydrogens (tertiary/aromatic N) is 4. The van der Waals surface area contributed by atoms with E-state index in [9.17, 15) is 14.3 Å². The number of anilines is 2. The van der Waals surface area contributed by atoms with Crippen molar-refractivity contribution in [2.45, 2.75) is 19.4 Å². The molecule has 0 bridgehead atoms. The van der Waals surface area contributed by atoms with Crippen LogP contribution in [-0.2, 0) is 5.54 Å². The van der Waals surface area contributed by atoms with Gasteiger partial charge in [-0.05, 0) is 38.1 Å². The van der Waals surface area contributed by atoms with Crippen LogP contribution in [0.2, 0.25) is 0 Å². The van der Waals surface area contributed by atoms with Crippen LogP contribution >= 0.6 is 0 Å². The number of pyridine rings is 1. The summed E-state index contributed by atoms with van der Waals surface area (Å²) in [6.07, 6.45) is -0.276. The molecule has 1 atom stereocenters. The summed E-state index contributed by atoms with van der Waals surface area (Å²) >= 11 is 0. The predicted octanol–water partition coefficient (Wildman–Crippen LogP) is 3.47. The number of hydrogen-bond acceptors (Lipinski definition) is 6. The largest absolute Gasteiger partial charge is 0.465 e. The number of aromatic nitrogens is 5. The maximum absolute atomic E-state index is 13.4. The molecule has 1 amide bonds. The fourth-order valence-corrected chi connectivity index (χ4v) is 3.12. The first-order chi connectivity index (χ1) is 14.3. The number of amides is 1. The van der Waals surface area contributed by atoms with Crippen LogP contribution in [0.1, 0.15) is 24.1 Å². The van der Waals surface area contributed by atoms with Crippen molar-refractivity contribution < 1.29 is 14.3 Å². The molecule has 0 saturated carbocycles. The van der Waals surface area contributed by atoms with Gasteiger partial charge in [-0.2, -0.15) is 5.10 Å². The first-order valence-corrected chi connectivity index (χ1v) is 9.04. The fourth-order valence-electron chi connectivity index (χ4n) is 3.12. The quantitative estimate of drug-likeness (QED) is 0.399. The van der Waals surface area contributed by atoms with Gasteiger partial charge in [0, 0.05) is 17.1 Å². The lowest BCUT2D eigenvalue weighted by molar-refractivity contribution is 0.183. The third-order valence-corrected chi connectivity index (χ3v) is 4.60. The summed E-state index contributed by atoms with van der Waals surface area (Å²) in [6.45, 7) is 3.45. The van der Waals surface area contributed by atoms with Gasteiger partial charge in [0.1, 0.15) is 17.2 Å². The molecule has 1 aromatic carbocycles. The zero-order valence-corrected chi connectivity index (χ0v) is 16.1. The Bertz CT molecular complexity index is 1230. The van der Waals surface area contributed by atoms with Gasteiger partial charge < -0.3 is 15.7 Å². The Kier molecular flexibility index (Phi) is 4.74. The second-order valence-corrected chi connectivity index (χ2v) is 6.89. The third-order valence-electron chi connectivity index (χ3n) is 4.60. The zero-order valence-electron chi connectivity index (χ0n) is 16.1. The topological polar surface area (TPSA) is 129 Å². The van der Waals surface area contributed by atoms with E-state index in [0.717, 1.165) is 17.3 Å². The summed E-state index contributed by atoms with van der Waals surface area (Å²) in [7, 11) is 0. The van der Waals surface area contributed by atoms with E-state index >= 15 is 0 Å². The highest BCUT2D eigenvalue weighted by Crippen LogP contribution is 2.30. The van der Waals surface area contributed by atoms with Crippen LogP contribution in [0, 0.1) is 12.7 Å². The number of para-hydroxylation sites is 1. The van der Waals surface area contributed by atoms with E-state index in [1.54, 1.807) is 13.0 Å². The molecule has 1 unspecified atom stereocenters. The van der Waals surface area contributed by atoms with Crippen LogP contribution in [-0.4, -0.2) is 36.3 Å². The summed E-state index contributed by atoms with van der Waals surface area (Å²) in [5, 5.41) is 22.8. The average Bonchev–Trinajstić information content (AvgIpc) is 3.12. The number of aromatic amines is 1. The molecule has 4 aromatic rings. The van der Waals surface area contributed by atoms with Gasteiger partial charge in [0.25, 0.3) is 0 Å². The maximum Gasteiger partial charge on any atom is 0.405 e. The van der Waals surface area contributed by atoms with Gasteiger partial charge in [-0.25, -0.2) is 19.2 Å². The smallest absolute Gasteiger partial charge is 0.405 e. The van der Waals surface area contributed by atoms with Gasteiger partial charge in [-0.1, -0.05) is 12.1 Å². The molecule has 152 valence electrons. The first kappa shape index (κ1) is 19.2. The lowest BCUT2D eigenvalue weighted by Crippen LogP contribution is -2.45. The molecule has 0 fully saturated rings. The number of benzene rings is 1. The number of carbonyl (C=O) groups is 1. The predicted molar refractivity (Wildman–Crippen MR) is 108 cm³/mol. The lowest BCUT2D eigenvalue weighted by Gasteiger charge is -2.28. The van der Waals surface area contributed by atoms with Gasteiger partial charge >= 0.3 is 6.09 Å². The Balaban J connectivity index is 1.90. The number of carboxylic acid groups (broad SMARTS) is 1. The van der Waals surface area contributed by atoms with Crippen molar-refractivity contribution in [1.82, 2.24) is 30.5 Å². The van der Waals surface area contributed by atoms with E-state index in [4.69, 9.17) is 0 Å². The minimum Gasteiger partial charge on any atom is -0.465 e. The monoisotopic (exact) mass is 407 g/mol. The Labute approximate surface area is 170 Å². The van der Waals surface area contributed by atoms with E-state index in [1.807, 2.05) is 31.2 Å². The summed E-state index contributed by atoms with van der Waals surface area (Å²) in [6, 6.07) is 11.7. The number of H-pyrrole nitrogens is 1. The normalized spacial score (nSPS) is 13.0. The molecule has 9 nitrogen and oxygen atoms in total. The van der Waals surface area contributed by atoms with E-state index in [2.05, 4.69) is 35.8 Å². The molecule has 0 aliphatic rings. The van der Waals surface area contributed by atoms with Crippen LogP contribution in [0.3, 0.4) is 0 Å². The molecule has 0 aliphatic heterocycles. The number of aryl methyl sites for hydroxylation is 1. The minimum absolute atomic E-state index is 0.150. The summed E-state index contributed by atoms with van der Waals surface area (Å²) in [5.41, 5.74) is 0.284. The van der Waals surface area contributed by atoms with Crippen LogP contribution in [0.15, 0.2) is 48.7 Å². The molecule has 3 heterocycles. The average molecular weight is 407 g/mol. The van der Waals surface area contributed by atoms with Gasteiger partial charge in [0.2, 0.25) is 0 Å². The van der Waals surface area contributed by atoms with Crippen molar-refractivity contribution in [2.24, 2.45) is 0 Å². The number of halogens is 1. The van der Waals surface area contributed by atoms with Crippen molar-refractivity contribution >= 4 is 28.6 Å². The van der Waals surface area contributed by atoms with Gasteiger partial charge in [0.15, 0.2) is 11.6 Å². The third kappa shape index (κ3) is 3.62. The standard InChI is InChI=1S/C20H18FN7O2/c1-11-9-16(28-27-11)24-17-13-5-3-4-6-14(13)23-18(25-17)20(2,26-19(29)30)15-8-7-12(21)10-22-15/h3-10,26H,1-2H3,(H,29,30)(H2,23,24,25,27,28). The van der Waals surface area contributed by atoms with Crippen LogP contribution in [0.4, 0.5) is 20.8 Å². The number of fused-ring (bicyclic) bond motifs is 1. The fraction of sp³-hybridized carbons (Fsp3) is 0.150. The van der Waals surface area contributed by atoms with E-state index in [0.29, 0.717) is 17.2 Å². The van der Waals surface area contributed by atoms with Crippen LogP contribution in [0.5, 0.6) is 0 Å². The summed E-state index contributed by atoms with van der Waals surface area (Å²) in [5.74, 6) is 0.613. The second kappa shape index (κ2) is 7.39. The molecule has 10 heteroatoms. The molecule has 0 aliphatic carbocycles. The highest BCUT2D eigenvalue weighted by molar-refractivity contribution is 5.90. The molecule has 3 aromatic heterocycles. The highest BCUT2D eigenvalue weighted by Gasteiger charge is 2.36. The van der Waals surface area contributed by atoms with E-state index in [1.165, 1.54) is 12.1 Å². The SMILES string of the molecule is Cc1cc(Nc2nc(C(C)(NC(=O)O)c3ccc(F)cn3)nc3ccccc23)n[nH]1. The molecular weight excluding hydrogens is 389 g/mol. The Morgan fingerprint density at radius 3 is 2.67 bits per heavy atom. The van der Waals surface area contributed by atoms with Crippen molar-refractivity contribution in [3.05, 3.63) is 71.7 Å². The molecule has 30 heavy (non-hydrogen) atoms. The zero-order chi connectivity index (χ0) is 21.3. The second-order valence-electron chi connectivity index (χ2n) is 6.89. The van der Waals surface area contributed by atoms with Gasteiger partial charge in [-0.3, -0.25) is 10.1 Å². The van der Waals surface area contributed by atoms with E-state index in [-0.39, 0.29) is 11.5 Å². The molecule has 0 saturated heterocycles.